The molecule has 1 heterocycles. The molecule has 19 heavy (non-hydrogen) atoms. The first-order chi connectivity index (χ1) is 9.11. The SMILES string of the molecule is Cc1c(CNC2CCCC(C)CC2)cc(C#N)n1C. The Morgan fingerprint density at radius 2 is 2.16 bits per heavy atom. The zero-order valence-electron chi connectivity index (χ0n) is 12.4. The zero-order valence-corrected chi connectivity index (χ0v) is 12.4. The number of rotatable bonds is 3. The third kappa shape index (κ3) is 3.39. The van der Waals surface area contributed by atoms with Gasteiger partial charge in [-0.15, -0.1) is 0 Å². The van der Waals surface area contributed by atoms with E-state index in [0.29, 0.717) is 6.04 Å². The second-order valence-corrected chi connectivity index (χ2v) is 6.00. The summed E-state index contributed by atoms with van der Waals surface area (Å²) in [6, 6.07) is 4.91. The molecule has 2 atom stereocenters. The largest absolute Gasteiger partial charge is 0.340 e. The van der Waals surface area contributed by atoms with Crippen molar-refractivity contribution < 1.29 is 0 Å². The maximum Gasteiger partial charge on any atom is 0.120 e. The molecule has 0 bridgehead atoms. The molecular weight excluding hydrogens is 234 g/mol. The number of nitrogens with one attached hydrogen (secondary N) is 1. The van der Waals surface area contributed by atoms with Crippen molar-refractivity contribution in [3.05, 3.63) is 23.0 Å². The Hall–Kier alpha value is -1.27. The van der Waals surface area contributed by atoms with Gasteiger partial charge in [-0.3, -0.25) is 0 Å². The second-order valence-electron chi connectivity index (χ2n) is 6.00. The third-order valence-corrected chi connectivity index (χ3v) is 4.59. The molecule has 3 nitrogen and oxygen atoms in total. The van der Waals surface area contributed by atoms with E-state index in [9.17, 15) is 0 Å². The van der Waals surface area contributed by atoms with Crippen LogP contribution in [0.4, 0.5) is 0 Å². The van der Waals surface area contributed by atoms with Crippen LogP contribution >= 0.6 is 0 Å². The van der Waals surface area contributed by atoms with Crippen LogP contribution in [0.3, 0.4) is 0 Å². The Labute approximate surface area is 116 Å². The van der Waals surface area contributed by atoms with E-state index in [-0.39, 0.29) is 0 Å². The summed E-state index contributed by atoms with van der Waals surface area (Å²) in [6.45, 7) is 5.34. The minimum absolute atomic E-state index is 0.648. The third-order valence-electron chi connectivity index (χ3n) is 4.59. The van der Waals surface area contributed by atoms with Crippen LogP contribution in [0.2, 0.25) is 0 Å². The van der Waals surface area contributed by atoms with Gasteiger partial charge < -0.3 is 9.88 Å². The highest BCUT2D eigenvalue weighted by Crippen LogP contribution is 2.23. The molecule has 0 aliphatic heterocycles. The topological polar surface area (TPSA) is 40.8 Å². The van der Waals surface area contributed by atoms with Gasteiger partial charge in [-0.05, 0) is 43.7 Å². The van der Waals surface area contributed by atoms with E-state index in [1.54, 1.807) is 0 Å². The van der Waals surface area contributed by atoms with E-state index < -0.39 is 0 Å². The van der Waals surface area contributed by atoms with Gasteiger partial charge in [0.25, 0.3) is 0 Å². The molecule has 2 rings (SSSR count). The van der Waals surface area contributed by atoms with Crippen LogP contribution in [-0.2, 0) is 13.6 Å². The van der Waals surface area contributed by atoms with E-state index in [0.717, 1.165) is 18.2 Å². The molecule has 1 fully saturated rings. The van der Waals surface area contributed by atoms with Crippen LogP contribution in [0, 0.1) is 24.2 Å². The first kappa shape index (κ1) is 14.1. The van der Waals surface area contributed by atoms with Gasteiger partial charge in [0.2, 0.25) is 0 Å². The summed E-state index contributed by atoms with van der Waals surface area (Å²) in [4.78, 5) is 0. The van der Waals surface area contributed by atoms with Gasteiger partial charge in [0.05, 0.1) is 0 Å². The van der Waals surface area contributed by atoms with Gasteiger partial charge in [-0.25, -0.2) is 0 Å². The predicted octanol–water partition coefficient (Wildman–Crippen LogP) is 3.26. The van der Waals surface area contributed by atoms with Crippen LogP contribution in [0.15, 0.2) is 6.07 Å². The fourth-order valence-corrected chi connectivity index (χ4v) is 2.99. The molecule has 1 aromatic rings. The van der Waals surface area contributed by atoms with E-state index in [4.69, 9.17) is 5.26 Å². The number of hydrogen-bond donors (Lipinski definition) is 1. The minimum atomic E-state index is 0.648. The lowest BCUT2D eigenvalue weighted by molar-refractivity contribution is 0.447. The molecule has 0 radical (unpaired) electrons. The lowest BCUT2D eigenvalue weighted by Crippen LogP contribution is -2.28. The van der Waals surface area contributed by atoms with Gasteiger partial charge in [-0.2, -0.15) is 5.26 Å². The lowest BCUT2D eigenvalue weighted by atomic mass is 10.0. The molecule has 1 aromatic heterocycles. The first-order valence-corrected chi connectivity index (χ1v) is 7.40. The Kier molecular flexibility index (Phi) is 4.66. The zero-order chi connectivity index (χ0) is 13.8. The minimum Gasteiger partial charge on any atom is -0.340 e. The van der Waals surface area contributed by atoms with Gasteiger partial charge in [-0.1, -0.05) is 19.8 Å². The maximum atomic E-state index is 9.05. The smallest absolute Gasteiger partial charge is 0.120 e. The van der Waals surface area contributed by atoms with Crippen molar-refractivity contribution in [1.29, 1.82) is 5.26 Å². The summed E-state index contributed by atoms with van der Waals surface area (Å²) in [5.74, 6) is 0.885. The van der Waals surface area contributed by atoms with Gasteiger partial charge in [0.15, 0.2) is 0 Å². The first-order valence-electron chi connectivity index (χ1n) is 7.40. The normalized spacial score (nSPS) is 23.9. The standard InChI is InChI=1S/C16H25N3/c1-12-5-4-6-15(8-7-12)18-11-14-9-16(10-17)19(3)13(14)2/h9,12,15,18H,4-8,11H2,1-3H3. The highest BCUT2D eigenvalue weighted by Gasteiger charge is 2.16. The number of hydrogen-bond acceptors (Lipinski definition) is 2. The molecule has 0 aromatic carbocycles. The van der Waals surface area contributed by atoms with Crippen molar-refractivity contribution in [2.24, 2.45) is 13.0 Å². The molecule has 1 saturated carbocycles. The molecule has 3 heteroatoms. The molecule has 1 aliphatic carbocycles. The Balaban J connectivity index is 1.93. The summed E-state index contributed by atoms with van der Waals surface area (Å²) in [6.07, 6.45) is 6.64. The number of nitrogens with zero attached hydrogens (tertiary/aromatic N) is 2. The van der Waals surface area contributed by atoms with Crippen molar-refractivity contribution in [3.63, 3.8) is 0 Å². The summed E-state index contributed by atoms with van der Waals surface area (Å²) in [5, 5.41) is 12.7. The molecule has 1 aliphatic rings. The highest BCUT2D eigenvalue weighted by molar-refractivity contribution is 5.34. The molecular formula is C16H25N3. The van der Waals surface area contributed by atoms with Crippen LogP contribution in [0.5, 0.6) is 0 Å². The van der Waals surface area contributed by atoms with E-state index in [1.807, 2.05) is 17.7 Å². The second kappa shape index (κ2) is 6.25. The fourth-order valence-electron chi connectivity index (χ4n) is 2.99. The number of nitriles is 1. The van der Waals surface area contributed by atoms with Crippen LogP contribution in [-0.4, -0.2) is 10.6 Å². The molecule has 0 saturated heterocycles. The van der Waals surface area contributed by atoms with Crippen molar-refractivity contribution >= 4 is 0 Å². The Morgan fingerprint density at radius 3 is 2.84 bits per heavy atom. The summed E-state index contributed by atoms with van der Waals surface area (Å²) >= 11 is 0. The maximum absolute atomic E-state index is 9.05. The van der Waals surface area contributed by atoms with Gasteiger partial charge >= 0.3 is 0 Å². The van der Waals surface area contributed by atoms with Crippen molar-refractivity contribution in [1.82, 2.24) is 9.88 Å². The van der Waals surface area contributed by atoms with Crippen LogP contribution < -0.4 is 5.32 Å². The van der Waals surface area contributed by atoms with E-state index >= 15 is 0 Å². The van der Waals surface area contributed by atoms with Gasteiger partial charge in [0, 0.05) is 25.3 Å². The van der Waals surface area contributed by atoms with E-state index in [2.05, 4.69) is 25.2 Å². The summed E-state index contributed by atoms with van der Waals surface area (Å²) < 4.78 is 1.98. The Morgan fingerprint density at radius 1 is 1.37 bits per heavy atom. The molecule has 104 valence electrons. The monoisotopic (exact) mass is 259 g/mol. The fraction of sp³-hybridized carbons (Fsp3) is 0.688. The lowest BCUT2D eigenvalue weighted by Gasteiger charge is -2.16. The Bertz CT molecular complexity index is 467. The molecule has 0 spiro atoms. The van der Waals surface area contributed by atoms with Crippen LogP contribution in [0.25, 0.3) is 0 Å². The highest BCUT2D eigenvalue weighted by atomic mass is 15.0. The van der Waals surface area contributed by atoms with Crippen LogP contribution in [0.1, 0.15) is 56.0 Å². The quantitative estimate of drug-likeness (QED) is 0.846. The van der Waals surface area contributed by atoms with Crippen molar-refractivity contribution in [3.8, 4) is 6.07 Å². The average Bonchev–Trinajstić information content (AvgIpc) is 2.56. The summed E-state index contributed by atoms with van der Waals surface area (Å²) in [5.41, 5.74) is 3.21. The van der Waals surface area contributed by atoms with Gasteiger partial charge in [0.1, 0.15) is 11.8 Å². The van der Waals surface area contributed by atoms with E-state index in [1.165, 1.54) is 43.4 Å². The molecule has 0 amide bonds. The van der Waals surface area contributed by atoms with Crippen molar-refractivity contribution in [2.45, 2.75) is 58.5 Å². The molecule has 1 N–H and O–H groups in total. The average molecular weight is 259 g/mol. The molecule has 2 unspecified atom stereocenters. The van der Waals surface area contributed by atoms with Crippen molar-refractivity contribution in [2.75, 3.05) is 0 Å². The predicted molar refractivity (Wildman–Crippen MR) is 77.7 cm³/mol. The summed E-state index contributed by atoms with van der Waals surface area (Å²) in [7, 11) is 1.96. The number of aromatic nitrogens is 1.